The molecule has 0 amide bonds. The van der Waals surface area contributed by atoms with Crippen molar-refractivity contribution >= 4 is 129 Å². The van der Waals surface area contributed by atoms with Crippen LogP contribution in [-0.4, -0.2) is 78.5 Å². The Morgan fingerprint density at radius 3 is 1.19 bits per heavy atom. The Bertz CT molecular complexity index is 1670. The minimum Gasteiger partial charge on any atom is -0.465 e. The van der Waals surface area contributed by atoms with Gasteiger partial charge in [-0.1, -0.05) is 70.6 Å². The average Bonchev–Trinajstić information content (AvgIpc) is 3.91. The monoisotopic (exact) mass is 774 g/mol. The Morgan fingerprint density at radius 2 is 0.830 bits per heavy atom. The summed E-state index contributed by atoms with van der Waals surface area (Å²) in [6.45, 7) is 0. The van der Waals surface area contributed by atoms with E-state index in [0.29, 0.717) is 23.2 Å². The number of thioether (sulfide) groups is 6. The molecule has 3 aliphatic rings. The number of methoxy groups -OCH3 is 6. The second kappa shape index (κ2) is 16.4. The number of hydrogen-bond acceptors (Lipinski definition) is 19. The lowest BCUT2D eigenvalue weighted by molar-refractivity contribution is -0.138. The molecule has 4 rings (SSSR count). The molecule has 1 aromatic heterocycles. The van der Waals surface area contributed by atoms with E-state index < -0.39 is 35.8 Å². The van der Waals surface area contributed by atoms with Gasteiger partial charge in [0.25, 0.3) is 0 Å². The van der Waals surface area contributed by atoms with E-state index in [1.54, 1.807) is 12.2 Å². The molecule has 0 saturated carbocycles. The van der Waals surface area contributed by atoms with Gasteiger partial charge in [-0.3, -0.25) is 0 Å². The van der Waals surface area contributed by atoms with Crippen molar-refractivity contribution in [1.29, 1.82) is 0 Å². The van der Waals surface area contributed by atoms with Crippen LogP contribution in [0.25, 0.3) is 11.6 Å². The van der Waals surface area contributed by atoms with Crippen LogP contribution in [-0.2, 0) is 57.2 Å². The number of carbonyl (C=O) groups excluding carboxylic acids is 6. The van der Waals surface area contributed by atoms with Crippen LogP contribution < -0.4 is 0 Å². The zero-order valence-electron chi connectivity index (χ0n) is 25.1. The zero-order valence-corrected chi connectivity index (χ0v) is 30.8. The number of hydrogen-bond donors (Lipinski definition) is 0. The van der Waals surface area contributed by atoms with Gasteiger partial charge in [0.2, 0.25) is 0 Å². The molecule has 248 valence electrons. The molecule has 4 heterocycles. The maximum absolute atomic E-state index is 12.6. The lowest BCUT2D eigenvalue weighted by Crippen LogP contribution is -2.08. The maximum Gasteiger partial charge on any atom is 0.346 e. The quantitative estimate of drug-likeness (QED) is 0.223. The van der Waals surface area contributed by atoms with Gasteiger partial charge in [0, 0.05) is 15.3 Å². The molecule has 0 bridgehead atoms. The third-order valence-electron chi connectivity index (χ3n) is 5.68. The van der Waals surface area contributed by atoms with Gasteiger partial charge in [-0.2, -0.15) is 0 Å². The van der Waals surface area contributed by atoms with E-state index in [4.69, 9.17) is 28.4 Å². The molecule has 0 atom stereocenters. The standard InChI is InChI=1S/C28H22O12S7/c1-35-22(29)16-17(23(30)36-2)43-14(42-16)9-11-7-8-13(41-11)12(28-46-20(26(33)39-5)21(47-28)27(34)40-6)10-15-44-18(24(31)37-3)19(45-15)25(32)38-4/h7-10H,1-6H3. The van der Waals surface area contributed by atoms with Crippen molar-refractivity contribution in [2.45, 2.75) is 0 Å². The minimum absolute atomic E-state index is 0.0417. The van der Waals surface area contributed by atoms with Crippen LogP contribution in [0.1, 0.15) is 9.75 Å². The van der Waals surface area contributed by atoms with Crippen molar-refractivity contribution in [1.82, 2.24) is 0 Å². The smallest absolute Gasteiger partial charge is 0.346 e. The predicted octanol–water partition coefficient (Wildman–Crippen LogP) is 5.67. The first-order valence-corrected chi connectivity index (χ1v) is 18.3. The molecular formula is C28H22O12S7. The molecule has 12 nitrogen and oxygen atoms in total. The highest BCUT2D eigenvalue weighted by Crippen LogP contribution is 2.57. The molecule has 0 aliphatic carbocycles. The van der Waals surface area contributed by atoms with Crippen LogP contribution in [0, 0.1) is 0 Å². The Balaban J connectivity index is 1.77. The van der Waals surface area contributed by atoms with E-state index in [9.17, 15) is 28.8 Å². The highest BCUT2D eigenvalue weighted by atomic mass is 32.2. The molecule has 19 heteroatoms. The van der Waals surface area contributed by atoms with Gasteiger partial charge in [0.15, 0.2) is 0 Å². The fraction of sp³-hybridized carbons (Fsp3) is 0.214. The molecule has 3 aliphatic heterocycles. The second-order valence-electron chi connectivity index (χ2n) is 8.37. The first-order valence-electron chi connectivity index (χ1n) is 12.6. The van der Waals surface area contributed by atoms with E-state index in [1.807, 2.05) is 12.1 Å². The van der Waals surface area contributed by atoms with Gasteiger partial charge in [0.05, 0.1) is 55.4 Å². The molecule has 0 fully saturated rings. The molecule has 0 aromatic carbocycles. The highest BCUT2D eigenvalue weighted by Gasteiger charge is 2.37. The summed E-state index contributed by atoms with van der Waals surface area (Å²) in [5, 5.41) is 0. The van der Waals surface area contributed by atoms with E-state index in [2.05, 4.69) is 0 Å². The average molecular weight is 775 g/mol. The van der Waals surface area contributed by atoms with Gasteiger partial charge in [0.1, 0.15) is 29.4 Å². The minimum atomic E-state index is -0.723. The van der Waals surface area contributed by atoms with Crippen LogP contribution in [0.5, 0.6) is 0 Å². The Hall–Kier alpha value is -2.94. The van der Waals surface area contributed by atoms with E-state index >= 15 is 0 Å². The summed E-state index contributed by atoms with van der Waals surface area (Å²) in [5.74, 6) is -4.20. The van der Waals surface area contributed by atoms with Crippen molar-refractivity contribution in [3.63, 3.8) is 0 Å². The van der Waals surface area contributed by atoms with Crippen LogP contribution >= 0.6 is 81.9 Å². The number of ether oxygens (including phenoxy) is 6. The molecular weight excluding hydrogens is 753 g/mol. The number of rotatable bonds is 9. The molecule has 0 unspecified atom stereocenters. The SMILES string of the molecule is COC(=O)C1=C(C(=O)OC)SC(=CC(=C2SC(C(=O)OC)=C(C(=O)OC)S2)c2ccc(C=C3SC(C(=O)OC)=C(C(=O)OC)S3)s2)S1. The van der Waals surface area contributed by atoms with Crippen molar-refractivity contribution in [2.24, 2.45) is 0 Å². The summed E-state index contributed by atoms with van der Waals surface area (Å²) in [5.41, 5.74) is 0.565. The number of esters is 6. The highest BCUT2D eigenvalue weighted by molar-refractivity contribution is 8.30. The summed E-state index contributed by atoms with van der Waals surface area (Å²) in [6.07, 6.45) is 3.52. The van der Waals surface area contributed by atoms with Crippen LogP contribution in [0.4, 0.5) is 0 Å². The first-order chi connectivity index (χ1) is 22.5. The predicted molar refractivity (Wildman–Crippen MR) is 186 cm³/mol. The van der Waals surface area contributed by atoms with E-state index in [0.717, 1.165) is 75.4 Å². The molecule has 0 spiro atoms. The van der Waals surface area contributed by atoms with Gasteiger partial charge in [-0.15, -0.1) is 11.3 Å². The Kier molecular flexibility index (Phi) is 12.9. The summed E-state index contributed by atoms with van der Waals surface area (Å²) >= 11 is 7.55. The Labute approximate surface area is 297 Å². The molecule has 0 saturated heterocycles. The largest absolute Gasteiger partial charge is 0.465 e. The normalized spacial score (nSPS) is 15.9. The number of thiophene rings is 1. The molecule has 47 heavy (non-hydrogen) atoms. The second-order valence-corrected chi connectivity index (χ2v) is 16.5. The zero-order chi connectivity index (χ0) is 34.4. The third-order valence-corrected chi connectivity index (χ3v) is 14.2. The van der Waals surface area contributed by atoms with Crippen LogP contribution in [0.2, 0.25) is 0 Å². The number of allylic oxidation sites excluding steroid dienone is 2. The van der Waals surface area contributed by atoms with E-state index in [-0.39, 0.29) is 29.4 Å². The van der Waals surface area contributed by atoms with Crippen LogP contribution in [0.15, 0.2) is 60.4 Å². The fourth-order valence-corrected chi connectivity index (χ4v) is 12.1. The van der Waals surface area contributed by atoms with Gasteiger partial charge in [-0.05, 0) is 24.3 Å². The molecule has 0 N–H and O–H groups in total. The van der Waals surface area contributed by atoms with Crippen LogP contribution in [0.3, 0.4) is 0 Å². The van der Waals surface area contributed by atoms with E-state index in [1.165, 1.54) is 54.0 Å². The number of carbonyl (C=O) groups is 6. The van der Waals surface area contributed by atoms with Crippen molar-refractivity contribution in [2.75, 3.05) is 42.7 Å². The van der Waals surface area contributed by atoms with Crippen molar-refractivity contribution in [3.8, 4) is 0 Å². The van der Waals surface area contributed by atoms with Gasteiger partial charge < -0.3 is 28.4 Å². The molecule has 0 radical (unpaired) electrons. The van der Waals surface area contributed by atoms with Crippen molar-refractivity contribution in [3.05, 3.63) is 70.1 Å². The molecule has 1 aromatic rings. The van der Waals surface area contributed by atoms with Crippen molar-refractivity contribution < 1.29 is 57.2 Å². The third kappa shape index (κ3) is 8.21. The summed E-state index contributed by atoms with van der Waals surface area (Å²) in [6, 6.07) is 3.63. The van der Waals surface area contributed by atoms with Gasteiger partial charge >= 0.3 is 35.8 Å². The maximum atomic E-state index is 12.6. The lowest BCUT2D eigenvalue weighted by Gasteiger charge is -2.07. The lowest BCUT2D eigenvalue weighted by atomic mass is 10.2. The summed E-state index contributed by atoms with van der Waals surface area (Å²) < 4.78 is 30.8. The summed E-state index contributed by atoms with van der Waals surface area (Å²) in [4.78, 5) is 76.7. The van der Waals surface area contributed by atoms with Gasteiger partial charge in [-0.25, -0.2) is 28.8 Å². The summed E-state index contributed by atoms with van der Waals surface area (Å²) in [7, 11) is 7.23. The topological polar surface area (TPSA) is 158 Å². The first kappa shape index (κ1) is 36.9. The fourth-order valence-electron chi connectivity index (χ4n) is 3.56. The Morgan fingerprint density at radius 1 is 0.489 bits per heavy atom.